The van der Waals surface area contributed by atoms with E-state index in [1.165, 1.54) is 13.2 Å². The lowest BCUT2D eigenvalue weighted by Crippen LogP contribution is -2.23. The molecule has 0 aliphatic carbocycles. The van der Waals surface area contributed by atoms with Crippen molar-refractivity contribution < 1.29 is 13.9 Å². The minimum Gasteiger partial charge on any atom is -0.496 e. The topological polar surface area (TPSA) is 64.3 Å². The number of halogens is 1. The molecule has 2 rings (SSSR count). The van der Waals surface area contributed by atoms with E-state index in [4.69, 9.17) is 10.5 Å². The van der Waals surface area contributed by atoms with E-state index in [0.717, 1.165) is 0 Å². The van der Waals surface area contributed by atoms with E-state index in [9.17, 15) is 9.18 Å². The highest BCUT2D eigenvalue weighted by Gasteiger charge is 2.11. The molecule has 0 fully saturated rings. The Labute approximate surface area is 122 Å². The van der Waals surface area contributed by atoms with Gasteiger partial charge >= 0.3 is 0 Å². The predicted molar refractivity (Wildman–Crippen MR) is 78.5 cm³/mol. The molecule has 5 heteroatoms. The quantitative estimate of drug-likeness (QED) is 0.886. The molecule has 0 saturated heterocycles. The molecule has 2 aromatic carbocycles. The molecule has 0 saturated carbocycles. The first-order chi connectivity index (χ1) is 10.2. The van der Waals surface area contributed by atoms with Gasteiger partial charge in [-0.2, -0.15) is 0 Å². The van der Waals surface area contributed by atoms with Crippen LogP contribution in [0.15, 0.2) is 42.5 Å². The molecule has 4 nitrogen and oxygen atoms in total. The monoisotopic (exact) mass is 288 g/mol. The third kappa shape index (κ3) is 3.58. The van der Waals surface area contributed by atoms with Crippen LogP contribution in [0.4, 0.5) is 4.39 Å². The van der Waals surface area contributed by atoms with Crippen molar-refractivity contribution in [3.63, 3.8) is 0 Å². The summed E-state index contributed by atoms with van der Waals surface area (Å²) in [5, 5.41) is 2.74. The normalized spacial score (nSPS) is 10.2. The van der Waals surface area contributed by atoms with Crippen LogP contribution in [0.5, 0.6) is 5.75 Å². The summed E-state index contributed by atoms with van der Waals surface area (Å²) < 4.78 is 18.7. The predicted octanol–water partition coefficient (Wildman–Crippen LogP) is 2.22. The Kier molecular flexibility index (Phi) is 4.90. The summed E-state index contributed by atoms with van der Waals surface area (Å²) in [6.45, 7) is 0.387. The number of benzene rings is 2. The number of hydrogen-bond acceptors (Lipinski definition) is 3. The summed E-state index contributed by atoms with van der Waals surface area (Å²) in [6.07, 6.45) is 0. The van der Waals surface area contributed by atoms with Crippen molar-refractivity contribution in [1.29, 1.82) is 0 Å². The first-order valence-electron chi connectivity index (χ1n) is 6.54. The first kappa shape index (κ1) is 15.0. The van der Waals surface area contributed by atoms with Crippen LogP contribution in [0, 0.1) is 5.82 Å². The van der Waals surface area contributed by atoms with Gasteiger partial charge in [0.15, 0.2) is 0 Å². The van der Waals surface area contributed by atoms with Gasteiger partial charge in [0.25, 0.3) is 5.91 Å². The van der Waals surface area contributed by atoms with Crippen LogP contribution in [-0.4, -0.2) is 13.0 Å². The van der Waals surface area contributed by atoms with Gasteiger partial charge in [0, 0.05) is 18.7 Å². The fourth-order valence-electron chi connectivity index (χ4n) is 1.98. The van der Waals surface area contributed by atoms with Crippen LogP contribution in [0.25, 0.3) is 0 Å². The largest absolute Gasteiger partial charge is 0.496 e. The fraction of sp³-hybridized carbons (Fsp3) is 0.188. The van der Waals surface area contributed by atoms with Gasteiger partial charge in [0.2, 0.25) is 0 Å². The van der Waals surface area contributed by atoms with E-state index in [1.807, 2.05) is 0 Å². The molecular weight excluding hydrogens is 271 g/mol. The molecule has 0 aliphatic rings. The summed E-state index contributed by atoms with van der Waals surface area (Å²) in [5.74, 6) is -0.128. The molecule has 0 spiro atoms. The van der Waals surface area contributed by atoms with Crippen LogP contribution < -0.4 is 15.8 Å². The third-order valence-corrected chi connectivity index (χ3v) is 3.14. The number of hydrogen-bond donors (Lipinski definition) is 2. The van der Waals surface area contributed by atoms with Gasteiger partial charge in [-0.25, -0.2) is 4.39 Å². The number of para-hydroxylation sites is 1. The lowest BCUT2D eigenvalue weighted by atomic mass is 10.1. The number of carbonyl (C=O) groups is 1. The Bertz CT molecular complexity index is 644. The standard InChI is InChI=1S/C16H17FN2O2/c1-21-15-5-3-2-4-13(15)16(20)19-10-11-6-7-12(9-18)14(17)8-11/h2-8H,9-10,18H2,1H3,(H,19,20). The summed E-state index contributed by atoms with van der Waals surface area (Å²) in [5.41, 5.74) is 6.98. The van der Waals surface area contributed by atoms with Gasteiger partial charge in [-0.05, 0) is 23.8 Å². The zero-order chi connectivity index (χ0) is 15.2. The molecule has 1 amide bonds. The number of carbonyl (C=O) groups excluding carboxylic acids is 1. The van der Waals surface area contributed by atoms with E-state index in [2.05, 4.69) is 5.32 Å². The first-order valence-corrected chi connectivity index (χ1v) is 6.54. The second kappa shape index (κ2) is 6.85. The average Bonchev–Trinajstić information content (AvgIpc) is 2.52. The zero-order valence-electron chi connectivity index (χ0n) is 11.7. The zero-order valence-corrected chi connectivity index (χ0v) is 11.7. The van der Waals surface area contributed by atoms with Gasteiger partial charge in [0.05, 0.1) is 12.7 Å². The van der Waals surface area contributed by atoms with E-state index in [-0.39, 0.29) is 24.8 Å². The molecule has 0 heterocycles. The minimum absolute atomic E-state index is 0.152. The van der Waals surface area contributed by atoms with E-state index in [1.54, 1.807) is 36.4 Å². The van der Waals surface area contributed by atoms with Crippen molar-refractivity contribution >= 4 is 5.91 Å². The minimum atomic E-state index is -0.360. The highest BCUT2D eigenvalue weighted by molar-refractivity contribution is 5.96. The van der Waals surface area contributed by atoms with Gasteiger partial charge in [0.1, 0.15) is 11.6 Å². The Hall–Kier alpha value is -2.40. The van der Waals surface area contributed by atoms with Crippen LogP contribution in [0.2, 0.25) is 0 Å². The third-order valence-electron chi connectivity index (χ3n) is 3.14. The number of amides is 1. The molecule has 0 aromatic heterocycles. The Balaban J connectivity index is 2.06. The second-order valence-corrected chi connectivity index (χ2v) is 4.51. The number of ether oxygens (including phenoxy) is 1. The van der Waals surface area contributed by atoms with Crippen molar-refractivity contribution in [2.24, 2.45) is 5.73 Å². The molecule has 0 radical (unpaired) electrons. The maximum absolute atomic E-state index is 13.6. The summed E-state index contributed by atoms with van der Waals surface area (Å²) in [6, 6.07) is 11.7. The van der Waals surface area contributed by atoms with E-state index >= 15 is 0 Å². The Morgan fingerprint density at radius 2 is 2.05 bits per heavy atom. The van der Waals surface area contributed by atoms with Crippen LogP contribution in [0.1, 0.15) is 21.5 Å². The highest BCUT2D eigenvalue weighted by atomic mass is 19.1. The maximum Gasteiger partial charge on any atom is 0.255 e. The summed E-state index contributed by atoms with van der Waals surface area (Å²) in [7, 11) is 1.51. The molecule has 0 unspecified atom stereocenters. The van der Waals surface area contributed by atoms with Crippen molar-refractivity contribution in [2.45, 2.75) is 13.1 Å². The summed E-state index contributed by atoms with van der Waals surface area (Å²) in [4.78, 5) is 12.1. The molecule has 0 aliphatic heterocycles. The van der Waals surface area contributed by atoms with Crippen molar-refractivity contribution in [1.82, 2.24) is 5.32 Å². The Morgan fingerprint density at radius 3 is 2.71 bits per heavy atom. The van der Waals surface area contributed by atoms with Crippen molar-refractivity contribution in [2.75, 3.05) is 7.11 Å². The van der Waals surface area contributed by atoms with Crippen molar-refractivity contribution in [3.05, 3.63) is 65.0 Å². The van der Waals surface area contributed by atoms with Crippen LogP contribution in [0.3, 0.4) is 0 Å². The number of nitrogens with one attached hydrogen (secondary N) is 1. The number of nitrogens with two attached hydrogens (primary N) is 1. The molecule has 110 valence electrons. The van der Waals surface area contributed by atoms with Crippen molar-refractivity contribution in [3.8, 4) is 5.75 Å². The molecule has 2 aromatic rings. The molecule has 0 bridgehead atoms. The van der Waals surface area contributed by atoms with E-state index in [0.29, 0.717) is 22.4 Å². The molecule has 0 atom stereocenters. The molecular formula is C16H17FN2O2. The SMILES string of the molecule is COc1ccccc1C(=O)NCc1ccc(CN)c(F)c1. The van der Waals surface area contributed by atoms with E-state index < -0.39 is 0 Å². The van der Waals surface area contributed by atoms with Crippen LogP contribution >= 0.6 is 0 Å². The van der Waals surface area contributed by atoms with Gasteiger partial charge < -0.3 is 15.8 Å². The molecule has 3 N–H and O–H groups in total. The Morgan fingerprint density at radius 1 is 1.29 bits per heavy atom. The van der Waals surface area contributed by atoms with Gasteiger partial charge in [-0.3, -0.25) is 4.79 Å². The number of rotatable bonds is 5. The van der Waals surface area contributed by atoms with Gasteiger partial charge in [-0.1, -0.05) is 24.3 Å². The average molecular weight is 288 g/mol. The maximum atomic E-state index is 13.6. The molecule has 21 heavy (non-hydrogen) atoms. The number of methoxy groups -OCH3 is 1. The van der Waals surface area contributed by atoms with Crippen LogP contribution in [-0.2, 0) is 13.1 Å². The highest BCUT2D eigenvalue weighted by Crippen LogP contribution is 2.17. The fourth-order valence-corrected chi connectivity index (χ4v) is 1.98. The summed E-state index contributed by atoms with van der Waals surface area (Å²) >= 11 is 0. The lowest BCUT2D eigenvalue weighted by molar-refractivity contribution is 0.0948. The smallest absolute Gasteiger partial charge is 0.255 e. The lowest BCUT2D eigenvalue weighted by Gasteiger charge is -2.10. The van der Waals surface area contributed by atoms with Gasteiger partial charge in [-0.15, -0.1) is 0 Å². The second-order valence-electron chi connectivity index (χ2n) is 4.51.